The third-order valence-corrected chi connectivity index (χ3v) is 4.11. The summed E-state index contributed by atoms with van der Waals surface area (Å²) in [6.45, 7) is 4.07. The molecule has 0 aliphatic heterocycles. The van der Waals surface area contributed by atoms with Gasteiger partial charge < -0.3 is 11.1 Å². The van der Waals surface area contributed by atoms with Crippen LogP contribution < -0.4 is 11.1 Å². The van der Waals surface area contributed by atoms with Gasteiger partial charge in [-0.2, -0.15) is 0 Å². The van der Waals surface area contributed by atoms with Gasteiger partial charge in [0, 0.05) is 18.0 Å². The second-order valence-electron chi connectivity index (χ2n) is 5.70. The van der Waals surface area contributed by atoms with Gasteiger partial charge in [0.2, 0.25) is 0 Å². The van der Waals surface area contributed by atoms with Gasteiger partial charge in [0.15, 0.2) is 0 Å². The Hall–Kier alpha value is -1.32. The highest BCUT2D eigenvalue weighted by atomic mass is 15.1. The first-order valence-electron chi connectivity index (χ1n) is 7.08. The number of nitrogens with two attached hydrogens (primary N) is 1. The van der Waals surface area contributed by atoms with Crippen LogP contribution in [-0.2, 0) is 6.42 Å². The lowest BCUT2D eigenvalue weighted by molar-refractivity contribution is 0.564. The maximum Gasteiger partial charge on any atom is 0.135 e. The molecule has 0 bridgehead atoms. The SMILES string of the molecule is CCc1nc(N)c(C)c(NC(C2CC2)C2CC2)n1. The van der Waals surface area contributed by atoms with Crippen molar-refractivity contribution in [3.63, 3.8) is 0 Å². The molecule has 4 heteroatoms. The van der Waals surface area contributed by atoms with Crippen LogP contribution in [0, 0.1) is 18.8 Å². The van der Waals surface area contributed by atoms with E-state index in [1.807, 2.05) is 6.92 Å². The molecule has 0 amide bonds. The molecule has 18 heavy (non-hydrogen) atoms. The Balaban J connectivity index is 1.83. The number of hydrogen-bond acceptors (Lipinski definition) is 4. The zero-order valence-electron chi connectivity index (χ0n) is 11.2. The Morgan fingerprint density at radius 1 is 1.22 bits per heavy atom. The molecular weight excluding hydrogens is 224 g/mol. The summed E-state index contributed by atoms with van der Waals surface area (Å²) < 4.78 is 0. The van der Waals surface area contributed by atoms with Crippen LogP contribution in [0.15, 0.2) is 0 Å². The number of aryl methyl sites for hydroxylation is 1. The van der Waals surface area contributed by atoms with Gasteiger partial charge in [-0.3, -0.25) is 0 Å². The van der Waals surface area contributed by atoms with Gasteiger partial charge in [-0.05, 0) is 44.4 Å². The summed E-state index contributed by atoms with van der Waals surface area (Å²) in [5.41, 5.74) is 6.96. The first kappa shape index (κ1) is 11.8. The first-order chi connectivity index (χ1) is 8.69. The predicted octanol–water partition coefficient (Wildman–Crippen LogP) is 2.53. The minimum Gasteiger partial charge on any atom is -0.383 e. The van der Waals surface area contributed by atoms with Crippen molar-refractivity contribution in [1.29, 1.82) is 0 Å². The van der Waals surface area contributed by atoms with Crippen molar-refractivity contribution in [2.45, 2.75) is 52.0 Å². The Morgan fingerprint density at radius 2 is 1.83 bits per heavy atom. The highest BCUT2D eigenvalue weighted by Gasteiger charge is 2.41. The molecule has 4 nitrogen and oxygen atoms in total. The monoisotopic (exact) mass is 246 g/mol. The largest absolute Gasteiger partial charge is 0.383 e. The third-order valence-electron chi connectivity index (χ3n) is 4.11. The Bertz CT molecular complexity index is 437. The lowest BCUT2D eigenvalue weighted by Crippen LogP contribution is -2.26. The molecule has 3 N–H and O–H groups in total. The Kier molecular flexibility index (Phi) is 2.88. The molecular formula is C14H22N4. The quantitative estimate of drug-likeness (QED) is 0.838. The van der Waals surface area contributed by atoms with E-state index in [9.17, 15) is 0 Å². The van der Waals surface area contributed by atoms with E-state index in [2.05, 4.69) is 22.2 Å². The molecule has 2 saturated carbocycles. The van der Waals surface area contributed by atoms with Gasteiger partial charge in [-0.15, -0.1) is 0 Å². The topological polar surface area (TPSA) is 63.8 Å². The fourth-order valence-corrected chi connectivity index (χ4v) is 2.57. The molecule has 3 rings (SSSR count). The van der Waals surface area contributed by atoms with E-state index in [4.69, 9.17) is 5.73 Å². The van der Waals surface area contributed by atoms with Gasteiger partial charge in [0.05, 0.1) is 0 Å². The highest BCUT2D eigenvalue weighted by Crippen LogP contribution is 2.46. The van der Waals surface area contributed by atoms with E-state index < -0.39 is 0 Å². The summed E-state index contributed by atoms with van der Waals surface area (Å²) in [6, 6.07) is 0.614. The summed E-state index contributed by atoms with van der Waals surface area (Å²) in [7, 11) is 0. The van der Waals surface area contributed by atoms with Crippen molar-refractivity contribution < 1.29 is 0 Å². The van der Waals surface area contributed by atoms with E-state index in [0.717, 1.165) is 35.5 Å². The number of rotatable bonds is 5. The smallest absolute Gasteiger partial charge is 0.135 e. The van der Waals surface area contributed by atoms with Crippen LogP contribution >= 0.6 is 0 Å². The average Bonchev–Trinajstić information content (AvgIpc) is 3.23. The fraction of sp³-hybridized carbons (Fsp3) is 0.714. The van der Waals surface area contributed by atoms with Crippen molar-refractivity contribution in [3.8, 4) is 0 Å². The van der Waals surface area contributed by atoms with Crippen molar-refractivity contribution in [2.24, 2.45) is 11.8 Å². The number of nitrogens with zero attached hydrogens (tertiary/aromatic N) is 2. The van der Waals surface area contributed by atoms with Crippen LogP contribution in [0.2, 0.25) is 0 Å². The second kappa shape index (κ2) is 4.41. The van der Waals surface area contributed by atoms with E-state index in [-0.39, 0.29) is 0 Å². The lowest BCUT2D eigenvalue weighted by Gasteiger charge is -2.20. The van der Waals surface area contributed by atoms with Gasteiger partial charge in [-0.1, -0.05) is 6.92 Å². The normalized spacial score (nSPS) is 19.3. The predicted molar refractivity (Wildman–Crippen MR) is 73.4 cm³/mol. The van der Waals surface area contributed by atoms with Gasteiger partial charge in [0.25, 0.3) is 0 Å². The number of hydrogen-bond donors (Lipinski definition) is 2. The lowest BCUT2D eigenvalue weighted by atomic mass is 10.1. The van der Waals surface area contributed by atoms with E-state index in [1.54, 1.807) is 0 Å². The van der Waals surface area contributed by atoms with Gasteiger partial charge in [0.1, 0.15) is 17.5 Å². The molecule has 1 aromatic rings. The zero-order chi connectivity index (χ0) is 12.7. The molecule has 0 atom stereocenters. The molecule has 2 aliphatic carbocycles. The zero-order valence-corrected chi connectivity index (χ0v) is 11.2. The molecule has 0 aromatic carbocycles. The molecule has 2 aliphatic rings. The molecule has 0 radical (unpaired) electrons. The minimum atomic E-state index is 0.614. The molecule has 98 valence electrons. The number of anilines is 2. The maximum absolute atomic E-state index is 5.97. The Morgan fingerprint density at radius 3 is 2.33 bits per heavy atom. The molecule has 1 aromatic heterocycles. The average molecular weight is 246 g/mol. The van der Waals surface area contributed by atoms with Gasteiger partial charge >= 0.3 is 0 Å². The number of aromatic nitrogens is 2. The molecule has 1 heterocycles. The summed E-state index contributed by atoms with van der Waals surface area (Å²) in [5.74, 6) is 4.14. The van der Waals surface area contributed by atoms with Crippen LogP contribution in [0.3, 0.4) is 0 Å². The third kappa shape index (κ3) is 2.28. The first-order valence-corrected chi connectivity index (χ1v) is 7.08. The van der Waals surface area contributed by atoms with Crippen LogP contribution in [0.4, 0.5) is 11.6 Å². The van der Waals surface area contributed by atoms with E-state index >= 15 is 0 Å². The van der Waals surface area contributed by atoms with Crippen LogP contribution in [0.25, 0.3) is 0 Å². The van der Waals surface area contributed by atoms with Crippen molar-refractivity contribution >= 4 is 11.6 Å². The molecule has 0 unspecified atom stereocenters. The number of nitrogens with one attached hydrogen (secondary N) is 1. The molecule has 0 saturated heterocycles. The van der Waals surface area contributed by atoms with Crippen molar-refractivity contribution in [3.05, 3.63) is 11.4 Å². The molecule has 2 fully saturated rings. The highest BCUT2D eigenvalue weighted by molar-refractivity contribution is 5.55. The Labute approximate surface area is 108 Å². The number of nitrogen functional groups attached to an aromatic ring is 1. The summed E-state index contributed by atoms with van der Waals surface area (Å²) in [6.07, 6.45) is 6.31. The van der Waals surface area contributed by atoms with Crippen LogP contribution in [-0.4, -0.2) is 16.0 Å². The van der Waals surface area contributed by atoms with Gasteiger partial charge in [-0.25, -0.2) is 9.97 Å². The maximum atomic E-state index is 5.97. The standard InChI is InChI=1S/C14H22N4/c1-3-11-16-13(15)8(2)14(17-11)18-12(9-4-5-9)10-6-7-10/h9-10,12H,3-7H2,1-2H3,(H3,15,16,17,18). The van der Waals surface area contributed by atoms with Crippen molar-refractivity contribution in [1.82, 2.24) is 9.97 Å². The van der Waals surface area contributed by atoms with Crippen LogP contribution in [0.5, 0.6) is 0 Å². The summed E-state index contributed by atoms with van der Waals surface area (Å²) in [5, 5.41) is 3.66. The van der Waals surface area contributed by atoms with Crippen LogP contribution in [0.1, 0.15) is 44.0 Å². The summed E-state index contributed by atoms with van der Waals surface area (Å²) >= 11 is 0. The van der Waals surface area contributed by atoms with Crippen molar-refractivity contribution in [2.75, 3.05) is 11.1 Å². The fourth-order valence-electron chi connectivity index (χ4n) is 2.57. The summed E-state index contributed by atoms with van der Waals surface area (Å²) in [4.78, 5) is 8.92. The van der Waals surface area contributed by atoms with E-state index in [0.29, 0.717) is 11.9 Å². The van der Waals surface area contributed by atoms with E-state index in [1.165, 1.54) is 25.7 Å². The molecule has 0 spiro atoms. The minimum absolute atomic E-state index is 0.614. The second-order valence-corrected chi connectivity index (χ2v) is 5.70.